The lowest BCUT2D eigenvalue weighted by Gasteiger charge is -2.33. The number of pyridine rings is 1. The third-order valence-corrected chi connectivity index (χ3v) is 6.87. The Morgan fingerprint density at radius 3 is 2.85 bits per heavy atom. The molecule has 0 radical (unpaired) electrons. The monoisotopic (exact) mass is 446 g/mol. The van der Waals surface area contributed by atoms with Gasteiger partial charge in [0.1, 0.15) is 11.8 Å². The Bertz CT molecular complexity index is 1360. The molecule has 2 fully saturated rings. The number of benzene rings is 1. The molecule has 7 nitrogen and oxygen atoms in total. The predicted molar refractivity (Wildman–Crippen MR) is 126 cm³/mol. The van der Waals surface area contributed by atoms with Crippen LogP contribution in [-0.4, -0.2) is 55.2 Å². The molecular weight excluding hydrogens is 419 g/mol. The molecule has 3 aromatic heterocycles. The SMILES string of the molecule is Cn1c(-c2cc3cccnc3n2CC2CC2)nc2cc(C(=O)N3C[C@@H](N)C[C@H](F)C3)ccc21. The number of aromatic nitrogens is 4. The van der Waals surface area contributed by atoms with Gasteiger partial charge in [-0.3, -0.25) is 4.79 Å². The molecule has 8 heteroatoms. The van der Waals surface area contributed by atoms with Crippen LogP contribution < -0.4 is 5.73 Å². The maximum Gasteiger partial charge on any atom is 0.254 e. The Morgan fingerprint density at radius 2 is 2.06 bits per heavy atom. The van der Waals surface area contributed by atoms with Crippen LogP contribution in [0.4, 0.5) is 4.39 Å². The van der Waals surface area contributed by atoms with Crippen molar-refractivity contribution >= 4 is 28.0 Å². The van der Waals surface area contributed by atoms with E-state index in [1.54, 1.807) is 12.1 Å². The van der Waals surface area contributed by atoms with E-state index in [2.05, 4.69) is 26.3 Å². The molecular formula is C25H27FN6O. The summed E-state index contributed by atoms with van der Waals surface area (Å²) in [5, 5.41) is 1.10. The van der Waals surface area contributed by atoms with E-state index in [0.29, 0.717) is 24.4 Å². The van der Waals surface area contributed by atoms with Crippen molar-refractivity contribution in [1.29, 1.82) is 0 Å². The average molecular weight is 447 g/mol. The molecule has 1 amide bonds. The molecule has 1 aliphatic heterocycles. The molecule has 0 spiro atoms. The summed E-state index contributed by atoms with van der Waals surface area (Å²) < 4.78 is 18.3. The van der Waals surface area contributed by atoms with Crippen LogP contribution in [0.2, 0.25) is 0 Å². The lowest BCUT2D eigenvalue weighted by atomic mass is 10.0. The topological polar surface area (TPSA) is 82.0 Å². The number of hydrogen-bond donors (Lipinski definition) is 1. The number of carbonyl (C=O) groups excluding carboxylic acids is 1. The molecule has 2 aliphatic rings. The van der Waals surface area contributed by atoms with Crippen molar-refractivity contribution in [1.82, 2.24) is 24.0 Å². The van der Waals surface area contributed by atoms with Crippen molar-refractivity contribution < 1.29 is 9.18 Å². The minimum Gasteiger partial charge on any atom is -0.334 e. The Balaban J connectivity index is 1.40. The van der Waals surface area contributed by atoms with Gasteiger partial charge in [-0.15, -0.1) is 0 Å². The van der Waals surface area contributed by atoms with Crippen LogP contribution in [0, 0.1) is 5.92 Å². The zero-order valence-electron chi connectivity index (χ0n) is 18.6. The largest absolute Gasteiger partial charge is 0.334 e. The van der Waals surface area contributed by atoms with Gasteiger partial charge in [0.2, 0.25) is 0 Å². The minimum atomic E-state index is -1.08. The number of imidazole rings is 1. The number of alkyl halides is 1. The van der Waals surface area contributed by atoms with Gasteiger partial charge >= 0.3 is 0 Å². The summed E-state index contributed by atoms with van der Waals surface area (Å²) in [7, 11) is 2.00. The number of carbonyl (C=O) groups is 1. The van der Waals surface area contributed by atoms with Crippen molar-refractivity contribution in [3.05, 3.63) is 48.2 Å². The van der Waals surface area contributed by atoms with Gasteiger partial charge in [0.25, 0.3) is 5.91 Å². The van der Waals surface area contributed by atoms with E-state index in [-0.39, 0.29) is 18.5 Å². The Kier molecular flexibility index (Phi) is 4.72. The minimum absolute atomic E-state index is 0.0896. The van der Waals surface area contributed by atoms with Gasteiger partial charge in [-0.05, 0) is 61.6 Å². The number of nitrogens with zero attached hydrogens (tertiary/aromatic N) is 5. The van der Waals surface area contributed by atoms with Crippen LogP contribution in [0.1, 0.15) is 29.6 Å². The number of aryl methyl sites for hydroxylation is 1. The Hall–Kier alpha value is -3.26. The highest BCUT2D eigenvalue weighted by Gasteiger charge is 2.29. The second-order valence-corrected chi connectivity index (χ2v) is 9.50. The fourth-order valence-electron chi connectivity index (χ4n) is 5.00. The summed E-state index contributed by atoms with van der Waals surface area (Å²) in [4.78, 5) is 24.1. The lowest BCUT2D eigenvalue weighted by Crippen LogP contribution is -2.50. The maximum atomic E-state index is 14.0. The number of fused-ring (bicyclic) bond motifs is 2. The van der Waals surface area contributed by atoms with Crippen LogP contribution in [0.25, 0.3) is 33.6 Å². The Morgan fingerprint density at radius 1 is 1.21 bits per heavy atom. The highest BCUT2D eigenvalue weighted by atomic mass is 19.1. The third-order valence-electron chi connectivity index (χ3n) is 6.87. The first kappa shape index (κ1) is 20.4. The fraction of sp³-hybridized carbons (Fsp3) is 0.400. The zero-order chi connectivity index (χ0) is 22.7. The summed E-state index contributed by atoms with van der Waals surface area (Å²) >= 11 is 0. The molecule has 4 aromatic rings. The first-order valence-corrected chi connectivity index (χ1v) is 11.6. The van der Waals surface area contributed by atoms with E-state index in [1.165, 1.54) is 17.7 Å². The zero-order valence-corrected chi connectivity index (χ0v) is 18.6. The molecule has 170 valence electrons. The van der Waals surface area contributed by atoms with Crippen LogP contribution in [0.5, 0.6) is 0 Å². The van der Waals surface area contributed by atoms with Gasteiger partial charge in [-0.2, -0.15) is 0 Å². The Labute approximate surface area is 191 Å². The van der Waals surface area contributed by atoms with Crippen LogP contribution in [0.15, 0.2) is 42.6 Å². The molecule has 6 rings (SSSR count). The number of nitrogens with two attached hydrogens (primary N) is 1. The molecule has 33 heavy (non-hydrogen) atoms. The summed E-state index contributed by atoms with van der Waals surface area (Å²) in [5.74, 6) is 1.33. The van der Waals surface area contributed by atoms with Gasteiger partial charge in [0, 0.05) is 43.3 Å². The van der Waals surface area contributed by atoms with Crippen molar-refractivity contribution in [3.63, 3.8) is 0 Å². The van der Waals surface area contributed by atoms with Gasteiger partial charge in [0.15, 0.2) is 5.82 Å². The third kappa shape index (κ3) is 3.58. The summed E-state index contributed by atoms with van der Waals surface area (Å²) in [5.41, 5.74) is 10.1. The molecule has 1 aliphatic carbocycles. The molecule has 1 aromatic carbocycles. The van der Waals surface area contributed by atoms with Crippen LogP contribution in [0.3, 0.4) is 0 Å². The molecule has 0 bridgehead atoms. The lowest BCUT2D eigenvalue weighted by molar-refractivity contribution is 0.0607. The average Bonchev–Trinajstić information content (AvgIpc) is 3.47. The smallest absolute Gasteiger partial charge is 0.254 e. The van der Waals surface area contributed by atoms with Crippen molar-refractivity contribution in [2.75, 3.05) is 13.1 Å². The highest BCUT2D eigenvalue weighted by molar-refractivity contribution is 5.98. The van der Waals surface area contributed by atoms with E-state index < -0.39 is 6.17 Å². The van der Waals surface area contributed by atoms with E-state index in [0.717, 1.165) is 40.1 Å². The number of hydrogen-bond acceptors (Lipinski definition) is 4. The van der Waals surface area contributed by atoms with Gasteiger partial charge in [0.05, 0.1) is 23.3 Å². The number of likely N-dealkylation sites (tertiary alicyclic amines) is 1. The van der Waals surface area contributed by atoms with Gasteiger partial charge in [-0.25, -0.2) is 14.4 Å². The summed E-state index contributed by atoms with van der Waals surface area (Å²) in [6.45, 7) is 1.40. The molecule has 0 unspecified atom stereocenters. The van der Waals surface area contributed by atoms with E-state index in [9.17, 15) is 9.18 Å². The van der Waals surface area contributed by atoms with E-state index >= 15 is 0 Å². The molecule has 1 saturated heterocycles. The molecule has 4 heterocycles. The van der Waals surface area contributed by atoms with E-state index in [1.807, 2.05) is 25.4 Å². The van der Waals surface area contributed by atoms with Crippen molar-refractivity contribution in [2.24, 2.45) is 18.7 Å². The number of amides is 1. The second kappa shape index (κ2) is 7.66. The number of piperidine rings is 1. The van der Waals surface area contributed by atoms with E-state index in [4.69, 9.17) is 10.7 Å². The standard InChI is InChI=1S/C25H27FN6O/c1-30-21-7-6-17(25(33)31-13-18(26)11-19(27)14-31)9-20(21)29-24(30)22-10-16-3-2-8-28-23(16)32(22)12-15-4-5-15/h2-3,6-10,15,18-19H,4-5,11-14,27H2,1H3/t18-,19-/m0/s1. The number of rotatable bonds is 4. The van der Waals surface area contributed by atoms with Crippen molar-refractivity contribution in [2.45, 2.75) is 38.0 Å². The normalized spacial score (nSPS) is 21.2. The molecule has 1 saturated carbocycles. The van der Waals surface area contributed by atoms with Gasteiger partial charge < -0.3 is 19.8 Å². The first-order valence-electron chi connectivity index (χ1n) is 11.6. The predicted octanol–water partition coefficient (Wildman–Crippen LogP) is 3.51. The molecule has 2 N–H and O–H groups in total. The quantitative estimate of drug-likeness (QED) is 0.520. The fourth-order valence-corrected chi connectivity index (χ4v) is 5.00. The van der Waals surface area contributed by atoms with Gasteiger partial charge in [-0.1, -0.05) is 0 Å². The number of halogens is 1. The van der Waals surface area contributed by atoms with Crippen molar-refractivity contribution in [3.8, 4) is 11.5 Å². The first-order chi connectivity index (χ1) is 16.0. The molecule has 2 atom stereocenters. The van der Waals surface area contributed by atoms with Crippen LogP contribution in [-0.2, 0) is 13.6 Å². The highest BCUT2D eigenvalue weighted by Crippen LogP contribution is 2.36. The maximum absolute atomic E-state index is 14.0. The second-order valence-electron chi connectivity index (χ2n) is 9.50. The summed E-state index contributed by atoms with van der Waals surface area (Å²) in [6.07, 6.45) is 3.55. The van der Waals surface area contributed by atoms with Crippen LogP contribution >= 0.6 is 0 Å². The summed E-state index contributed by atoms with van der Waals surface area (Å²) in [6, 6.07) is 11.4.